The van der Waals surface area contributed by atoms with Gasteiger partial charge in [-0.1, -0.05) is 15.9 Å². The number of hydrogen-bond donors (Lipinski definition) is 3. The highest BCUT2D eigenvalue weighted by Gasteiger charge is 2.15. The Balaban J connectivity index is 1.86. The van der Waals surface area contributed by atoms with E-state index in [1.54, 1.807) is 36.4 Å². The van der Waals surface area contributed by atoms with Crippen molar-refractivity contribution in [1.29, 1.82) is 0 Å². The second kappa shape index (κ2) is 10.3. The minimum atomic E-state index is -0.596. The third kappa shape index (κ3) is 6.27. The summed E-state index contributed by atoms with van der Waals surface area (Å²) in [7, 11) is 2.72. The van der Waals surface area contributed by atoms with Gasteiger partial charge in [-0.3, -0.25) is 4.79 Å². The predicted octanol–water partition coefficient (Wildman–Crippen LogP) is 3.39. The molecule has 2 rings (SSSR count). The van der Waals surface area contributed by atoms with Crippen LogP contribution in [0.3, 0.4) is 0 Å². The highest BCUT2D eigenvalue weighted by molar-refractivity contribution is 9.10. The summed E-state index contributed by atoms with van der Waals surface area (Å²) in [6.07, 6.45) is 0.0282. The molecule has 2 aromatic carbocycles. The van der Waals surface area contributed by atoms with E-state index >= 15 is 0 Å². The lowest BCUT2D eigenvalue weighted by Crippen LogP contribution is -2.31. The zero-order chi connectivity index (χ0) is 20.5. The number of carbonyl (C=O) groups is 3. The fourth-order valence-corrected chi connectivity index (χ4v) is 2.51. The van der Waals surface area contributed by atoms with Crippen LogP contribution in [0.25, 0.3) is 0 Å². The van der Waals surface area contributed by atoms with Gasteiger partial charge in [-0.2, -0.15) is 0 Å². The number of hydrogen-bond acceptors (Lipinski definition) is 5. The second-order valence-electron chi connectivity index (χ2n) is 5.59. The Morgan fingerprint density at radius 1 is 1.00 bits per heavy atom. The van der Waals surface area contributed by atoms with Crippen molar-refractivity contribution in [2.75, 3.05) is 31.4 Å². The Hall–Kier alpha value is -3.07. The van der Waals surface area contributed by atoms with E-state index in [0.717, 1.165) is 4.47 Å². The van der Waals surface area contributed by atoms with Gasteiger partial charge in [0.15, 0.2) is 0 Å². The van der Waals surface area contributed by atoms with Crippen molar-refractivity contribution in [3.8, 4) is 5.75 Å². The van der Waals surface area contributed by atoms with Gasteiger partial charge in [0.1, 0.15) is 5.75 Å². The van der Waals surface area contributed by atoms with Crippen LogP contribution in [-0.2, 0) is 9.53 Å². The molecule has 0 aliphatic rings. The molecule has 0 aliphatic carbocycles. The van der Waals surface area contributed by atoms with Crippen molar-refractivity contribution < 1.29 is 23.9 Å². The molecule has 3 N–H and O–H groups in total. The maximum Gasteiger partial charge on any atom is 0.340 e. The van der Waals surface area contributed by atoms with Crippen LogP contribution in [0.2, 0.25) is 0 Å². The van der Waals surface area contributed by atoms with E-state index in [-0.39, 0.29) is 24.4 Å². The van der Waals surface area contributed by atoms with Gasteiger partial charge >= 0.3 is 12.0 Å². The van der Waals surface area contributed by atoms with Gasteiger partial charge < -0.3 is 25.4 Å². The predicted molar refractivity (Wildman–Crippen MR) is 109 cm³/mol. The van der Waals surface area contributed by atoms with Crippen molar-refractivity contribution in [2.24, 2.45) is 0 Å². The molecule has 0 saturated heterocycles. The molecule has 0 spiro atoms. The van der Waals surface area contributed by atoms with Gasteiger partial charge in [-0.15, -0.1) is 0 Å². The minimum absolute atomic E-state index is 0.0282. The number of anilines is 2. The number of amides is 3. The zero-order valence-electron chi connectivity index (χ0n) is 15.4. The molecule has 0 aliphatic heterocycles. The molecule has 3 amide bonds. The van der Waals surface area contributed by atoms with Crippen LogP contribution in [0.4, 0.5) is 16.2 Å². The Morgan fingerprint density at radius 2 is 1.71 bits per heavy atom. The molecular formula is C19H20BrN3O5. The molecule has 0 saturated carbocycles. The Labute approximate surface area is 170 Å². The Bertz CT molecular complexity index is 855. The quantitative estimate of drug-likeness (QED) is 0.561. The normalized spacial score (nSPS) is 9.96. The number of rotatable bonds is 7. The molecule has 0 bridgehead atoms. The lowest BCUT2D eigenvalue weighted by Gasteiger charge is -2.12. The molecule has 8 nitrogen and oxygen atoms in total. The first kappa shape index (κ1) is 21.2. The molecule has 148 valence electrons. The first-order valence-electron chi connectivity index (χ1n) is 8.29. The Kier molecular flexibility index (Phi) is 7.82. The molecular weight excluding hydrogens is 430 g/mol. The maximum absolute atomic E-state index is 12.1. The van der Waals surface area contributed by atoms with Crippen LogP contribution < -0.4 is 20.7 Å². The summed E-state index contributed by atoms with van der Waals surface area (Å²) < 4.78 is 10.7. The summed E-state index contributed by atoms with van der Waals surface area (Å²) in [5.41, 5.74) is 1.11. The standard InChI is InChI=1S/C19H20BrN3O5/c1-27-14-7-8-16(15(11-14)18(25)28-2)23-17(24)9-10-21-19(26)22-13-5-3-12(20)4-6-13/h3-8,11H,9-10H2,1-2H3,(H,23,24)(H2,21,22,26). The summed E-state index contributed by atoms with van der Waals surface area (Å²) in [5.74, 6) is -0.495. The lowest BCUT2D eigenvalue weighted by molar-refractivity contribution is -0.116. The van der Waals surface area contributed by atoms with Crippen LogP contribution in [0.5, 0.6) is 5.75 Å². The van der Waals surface area contributed by atoms with Crippen LogP contribution in [0.1, 0.15) is 16.8 Å². The number of halogens is 1. The summed E-state index contributed by atoms with van der Waals surface area (Å²) in [5, 5.41) is 7.89. The molecule has 0 aromatic heterocycles. The Morgan fingerprint density at radius 3 is 2.36 bits per heavy atom. The lowest BCUT2D eigenvalue weighted by atomic mass is 10.1. The zero-order valence-corrected chi connectivity index (χ0v) is 17.0. The van der Waals surface area contributed by atoms with E-state index in [0.29, 0.717) is 17.1 Å². The highest BCUT2D eigenvalue weighted by atomic mass is 79.9. The van der Waals surface area contributed by atoms with Crippen molar-refractivity contribution >= 4 is 45.2 Å². The summed E-state index contributed by atoms with van der Waals surface area (Å²) in [6, 6.07) is 11.3. The van der Waals surface area contributed by atoms with Gasteiger partial charge in [0.25, 0.3) is 0 Å². The summed E-state index contributed by atoms with van der Waals surface area (Å²) in [4.78, 5) is 35.9. The van der Waals surface area contributed by atoms with Crippen LogP contribution in [0.15, 0.2) is 46.9 Å². The molecule has 0 heterocycles. The first-order chi connectivity index (χ1) is 13.4. The monoisotopic (exact) mass is 449 g/mol. The number of nitrogens with one attached hydrogen (secondary N) is 3. The number of carbonyl (C=O) groups excluding carboxylic acids is 3. The molecule has 0 radical (unpaired) electrons. The third-order valence-corrected chi connectivity index (χ3v) is 4.17. The van der Waals surface area contributed by atoms with Crippen molar-refractivity contribution in [1.82, 2.24) is 5.32 Å². The topological polar surface area (TPSA) is 106 Å². The average molecular weight is 450 g/mol. The molecule has 2 aromatic rings. The van der Waals surface area contributed by atoms with Gasteiger partial charge in [0.2, 0.25) is 5.91 Å². The molecule has 28 heavy (non-hydrogen) atoms. The van der Waals surface area contributed by atoms with Crippen molar-refractivity contribution in [3.05, 3.63) is 52.5 Å². The van der Waals surface area contributed by atoms with Crippen LogP contribution in [-0.4, -0.2) is 38.7 Å². The average Bonchev–Trinajstić information content (AvgIpc) is 2.69. The smallest absolute Gasteiger partial charge is 0.340 e. The molecule has 0 unspecified atom stereocenters. The van der Waals surface area contributed by atoms with E-state index in [1.165, 1.54) is 20.3 Å². The SMILES string of the molecule is COC(=O)c1cc(OC)ccc1NC(=O)CCNC(=O)Nc1ccc(Br)cc1. The van der Waals surface area contributed by atoms with E-state index in [2.05, 4.69) is 31.9 Å². The van der Waals surface area contributed by atoms with E-state index in [9.17, 15) is 14.4 Å². The number of benzene rings is 2. The fourth-order valence-electron chi connectivity index (χ4n) is 2.25. The van der Waals surface area contributed by atoms with Crippen molar-refractivity contribution in [3.63, 3.8) is 0 Å². The largest absolute Gasteiger partial charge is 0.497 e. The number of esters is 1. The van der Waals surface area contributed by atoms with Gasteiger partial charge in [0.05, 0.1) is 25.5 Å². The second-order valence-corrected chi connectivity index (χ2v) is 6.50. The maximum atomic E-state index is 12.1. The van der Waals surface area contributed by atoms with Gasteiger partial charge in [0, 0.05) is 23.1 Å². The third-order valence-electron chi connectivity index (χ3n) is 3.65. The number of methoxy groups -OCH3 is 2. The minimum Gasteiger partial charge on any atom is -0.497 e. The summed E-state index contributed by atoms with van der Waals surface area (Å²) in [6.45, 7) is 0.123. The summed E-state index contributed by atoms with van der Waals surface area (Å²) >= 11 is 3.31. The fraction of sp³-hybridized carbons (Fsp3) is 0.211. The highest BCUT2D eigenvalue weighted by Crippen LogP contribution is 2.23. The number of ether oxygens (including phenoxy) is 2. The first-order valence-corrected chi connectivity index (χ1v) is 9.09. The van der Waals surface area contributed by atoms with Crippen LogP contribution in [0, 0.1) is 0 Å². The van der Waals surface area contributed by atoms with E-state index < -0.39 is 12.0 Å². The van der Waals surface area contributed by atoms with Crippen molar-refractivity contribution in [2.45, 2.75) is 6.42 Å². The molecule has 0 fully saturated rings. The molecule has 9 heteroatoms. The van der Waals surface area contributed by atoms with Gasteiger partial charge in [-0.05, 0) is 42.5 Å². The molecule has 0 atom stereocenters. The van der Waals surface area contributed by atoms with E-state index in [4.69, 9.17) is 9.47 Å². The van der Waals surface area contributed by atoms with Gasteiger partial charge in [-0.25, -0.2) is 9.59 Å². The van der Waals surface area contributed by atoms with Crippen LogP contribution >= 0.6 is 15.9 Å². The van der Waals surface area contributed by atoms with E-state index in [1.807, 2.05) is 0 Å². The number of urea groups is 1.